The molecule has 8 heteroatoms. The molecule has 0 saturated heterocycles. The molecular formula is C11H20F3NO3S. The topological polar surface area (TPSA) is 57.6 Å². The maximum atomic E-state index is 12.0. The smallest absolute Gasteiger partial charge is 0.389 e. The Morgan fingerprint density at radius 2 is 1.79 bits per heavy atom. The van der Waals surface area contributed by atoms with Crippen molar-refractivity contribution in [3.8, 4) is 0 Å². The molecular weight excluding hydrogens is 283 g/mol. The highest BCUT2D eigenvalue weighted by molar-refractivity contribution is 7.89. The van der Waals surface area contributed by atoms with Crippen LogP contribution in [0.15, 0.2) is 0 Å². The van der Waals surface area contributed by atoms with E-state index in [4.69, 9.17) is 0 Å². The molecule has 1 rings (SSSR count). The Kier molecular flexibility index (Phi) is 5.25. The first-order valence-electron chi connectivity index (χ1n) is 6.27. The summed E-state index contributed by atoms with van der Waals surface area (Å²) in [6.45, 7) is -0.0403. The van der Waals surface area contributed by atoms with E-state index in [9.17, 15) is 26.7 Å². The molecule has 0 bridgehead atoms. The van der Waals surface area contributed by atoms with Crippen molar-refractivity contribution in [2.75, 3.05) is 19.3 Å². The second kappa shape index (κ2) is 5.97. The number of sulfonamides is 1. The van der Waals surface area contributed by atoms with Crippen molar-refractivity contribution in [3.63, 3.8) is 0 Å². The predicted octanol–water partition coefficient (Wildman–Crippen LogP) is 1.90. The minimum Gasteiger partial charge on any atom is -0.389 e. The van der Waals surface area contributed by atoms with Crippen LogP contribution in [0.25, 0.3) is 0 Å². The van der Waals surface area contributed by atoms with Crippen LogP contribution in [0.1, 0.15) is 38.5 Å². The molecule has 1 aliphatic carbocycles. The summed E-state index contributed by atoms with van der Waals surface area (Å²) in [5, 5.41) is 10.1. The first kappa shape index (κ1) is 16.7. The number of alkyl halides is 3. The standard InChI is InChI=1S/C11H20F3NO3S/c1-15(9-10(16)5-2-3-6-10)19(17,18)8-4-7-11(12,13)14/h16H,2-9H2,1H3. The minimum atomic E-state index is -4.34. The summed E-state index contributed by atoms with van der Waals surface area (Å²) in [7, 11) is -2.43. The number of hydrogen-bond donors (Lipinski definition) is 1. The summed E-state index contributed by atoms with van der Waals surface area (Å²) in [6.07, 6.45) is -3.13. The van der Waals surface area contributed by atoms with Crippen LogP contribution in [0.3, 0.4) is 0 Å². The fraction of sp³-hybridized carbons (Fsp3) is 1.00. The molecule has 1 N–H and O–H groups in total. The van der Waals surface area contributed by atoms with Crippen LogP contribution in [-0.2, 0) is 10.0 Å². The van der Waals surface area contributed by atoms with Gasteiger partial charge in [0.15, 0.2) is 0 Å². The summed E-state index contributed by atoms with van der Waals surface area (Å²) in [6, 6.07) is 0. The average Bonchev–Trinajstić information content (AvgIpc) is 2.62. The average molecular weight is 303 g/mol. The van der Waals surface area contributed by atoms with Gasteiger partial charge in [0, 0.05) is 20.0 Å². The van der Waals surface area contributed by atoms with Gasteiger partial charge in [-0.2, -0.15) is 13.2 Å². The second-order valence-electron chi connectivity index (χ2n) is 5.22. The molecule has 1 saturated carbocycles. The van der Waals surface area contributed by atoms with Gasteiger partial charge in [0.1, 0.15) is 0 Å². The van der Waals surface area contributed by atoms with E-state index in [0.717, 1.165) is 17.1 Å². The Balaban J connectivity index is 2.47. The van der Waals surface area contributed by atoms with Crippen molar-refractivity contribution < 1.29 is 26.7 Å². The lowest BCUT2D eigenvalue weighted by Gasteiger charge is -2.28. The van der Waals surface area contributed by atoms with E-state index in [2.05, 4.69) is 0 Å². The molecule has 1 fully saturated rings. The molecule has 0 spiro atoms. The summed E-state index contributed by atoms with van der Waals surface area (Å²) in [5.74, 6) is -0.543. The van der Waals surface area contributed by atoms with E-state index in [0.29, 0.717) is 12.8 Å². The number of nitrogens with zero attached hydrogens (tertiary/aromatic N) is 1. The zero-order valence-corrected chi connectivity index (χ0v) is 11.7. The summed E-state index contributed by atoms with van der Waals surface area (Å²) in [5.41, 5.74) is -1.02. The van der Waals surface area contributed by atoms with Crippen LogP contribution >= 0.6 is 0 Å². The van der Waals surface area contributed by atoms with Crippen molar-refractivity contribution in [3.05, 3.63) is 0 Å². The van der Waals surface area contributed by atoms with Gasteiger partial charge in [-0.05, 0) is 19.3 Å². The van der Waals surface area contributed by atoms with Crippen molar-refractivity contribution in [2.24, 2.45) is 0 Å². The molecule has 19 heavy (non-hydrogen) atoms. The normalized spacial score (nSPS) is 20.1. The SMILES string of the molecule is CN(CC1(O)CCCC1)S(=O)(=O)CCCC(F)(F)F. The number of hydrogen-bond acceptors (Lipinski definition) is 3. The van der Waals surface area contributed by atoms with Crippen LogP contribution < -0.4 is 0 Å². The minimum absolute atomic E-state index is 0.0403. The van der Waals surface area contributed by atoms with Crippen molar-refractivity contribution >= 4 is 10.0 Å². The van der Waals surface area contributed by atoms with Gasteiger partial charge in [-0.25, -0.2) is 12.7 Å². The predicted molar refractivity (Wildman–Crippen MR) is 65.1 cm³/mol. The lowest BCUT2D eigenvalue weighted by atomic mass is 10.0. The van der Waals surface area contributed by atoms with E-state index in [1.807, 2.05) is 0 Å². The van der Waals surface area contributed by atoms with E-state index in [1.54, 1.807) is 0 Å². The monoisotopic (exact) mass is 303 g/mol. The van der Waals surface area contributed by atoms with E-state index >= 15 is 0 Å². The van der Waals surface area contributed by atoms with Gasteiger partial charge < -0.3 is 5.11 Å². The molecule has 1 aliphatic rings. The van der Waals surface area contributed by atoms with Crippen LogP contribution in [0.5, 0.6) is 0 Å². The maximum Gasteiger partial charge on any atom is 0.389 e. The van der Waals surface area contributed by atoms with Gasteiger partial charge in [-0.3, -0.25) is 0 Å². The first-order chi connectivity index (χ1) is 8.54. The van der Waals surface area contributed by atoms with Crippen molar-refractivity contribution in [2.45, 2.75) is 50.3 Å². The fourth-order valence-electron chi connectivity index (χ4n) is 2.31. The van der Waals surface area contributed by atoms with Gasteiger partial charge in [0.25, 0.3) is 0 Å². The lowest BCUT2D eigenvalue weighted by molar-refractivity contribution is -0.134. The molecule has 0 aromatic carbocycles. The molecule has 114 valence electrons. The molecule has 0 aromatic heterocycles. The van der Waals surface area contributed by atoms with E-state index in [1.165, 1.54) is 7.05 Å². The van der Waals surface area contributed by atoms with Crippen molar-refractivity contribution in [1.29, 1.82) is 0 Å². The quantitative estimate of drug-likeness (QED) is 0.815. The van der Waals surface area contributed by atoms with Crippen LogP contribution in [0, 0.1) is 0 Å². The summed E-state index contributed by atoms with van der Waals surface area (Å²) in [4.78, 5) is 0. The molecule has 0 unspecified atom stereocenters. The van der Waals surface area contributed by atoms with Crippen LogP contribution in [0.4, 0.5) is 13.2 Å². The molecule has 0 aliphatic heterocycles. The molecule has 0 aromatic rings. The third-order valence-electron chi connectivity index (χ3n) is 3.39. The Labute approximate surface area is 111 Å². The molecule has 0 atom stereocenters. The highest BCUT2D eigenvalue weighted by Gasteiger charge is 2.35. The molecule has 0 radical (unpaired) electrons. The lowest BCUT2D eigenvalue weighted by Crippen LogP contribution is -2.42. The Morgan fingerprint density at radius 1 is 1.26 bits per heavy atom. The first-order valence-corrected chi connectivity index (χ1v) is 7.88. The van der Waals surface area contributed by atoms with Crippen LogP contribution in [-0.4, -0.2) is 49.0 Å². The molecule has 0 heterocycles. The van der Waals surface area contributed by atoms with Crippen molar-refractivity contribution in [1.82, 2.24) is 4.31 Å². The number of rotatable bonds is 6. The number of aliphatic hydroxyl groups is 1. The third-order valence-corrected chi connectivity index (χ3v) is 5.27. The van der Waals surface area contributed by atoms with Gasteiger partial charge in [-0.15, -0.1) is 0 Å². The van der Waals surface area contributed by atoms with Gasteiger partial charge in [0.05, 0.1) is 11.4 Å². The molecule has 4 nitrogen and oxygen atoms in total. The third kappa shape index (κ3) is 5.66. The second-order valence-corrected chi connectivity index (χ2v) is 7.42. The zero-order chi connectivity index (χ0) is 14.7. The number of halogens is 3. The van der Waals surface area contributed by atoms with Gasteiger partial charge >= 0.3 is 6.18 Å². The van der Waals surface area contributed by atoms with E-state index in [-0.39, 0.29) is 6.54 Å². The number of likely N-dealkylation sites (N-methyl/N-ethyl adjacent to an activating group) is 1. The van der Waals surface area contributed by atoms with Gasteiger partial charge in [-0.1, -0.05) is 12.8 Å². The van der Waals surface area contributed by atoms with E-state index < -0.39 is 40.4 Å². The molecule has 0 amide bonds. The Hall–Kier alpha value is -0.340. The summed E-state index contributed by atoms with van der Waals surface area (Å²) < 4.78 is 60.5. The van der Waals surface area contributed by atoms with Gasteiger partial charge in [0.2, 0.25) is 10.0 Å². The Morgan fingerprint density at radius 3 is 2.26 bits per heavy atom. The zero-order valence-electron chi connectivity index (χ0n) is 10.9. The fourth-order valence-corrected chi connectivity index (χ4v) is 3.57. The summed E-state index contributed by atoms with van der Waals surface area (Å²) >= 11 is 0. The Bertz CT molecular complexity index is 388. The van der Waals surface area contributed by atoms with Crippen LogP contribution in [0.2, 0.25) is 0 Å². The maximum absolute atomic E-state index is 12.0. The highest BCUT2D eigenvalue weighted by atomic mass is 32.2. The largest absolute Gasteiger partial charge is 0.389 e. The highest BCUT2D eigenvalue weighted by Crippen LogP contribution is 2.30.